The molecular weight excluding hydrogens is 264 g/mol. The van der Waals surface area contributed by atoms with Crippen molar-refractivity contribution in [2.75, 3.05) is 6.61 Å². The van der Waals surface area contributed by atoms with Gasteiger partial charge in [-0.2, -0.15) is 0 Å². The van der Waals surface area contributed by atoms with Crippen molar-refractivity contribution in [2.24, 2.45) is 0 Å². The minimum atomic E-state index is -0.602. The van der Waals surface area contributed by atoms with E-state index in [0.717, 1.165) is 6.39 Å². The molecule has 1 rings (SSSR count). The molecule has 0 aliphatic heterocycles. The zero-order valence-corrected chi connectivity index (χ0v) is 12.4. The Labute approximate surface area is 117 Å². The quantitative estimate of drug-likeness (QED) is 0.854. The molecule has 0 aromatic carbocycles. The second kappa shape index (κ2) is 6.40. The third-order valence-electron chi connectivity index (χ3n) is 2.19. The average molecular weight is 284 g/mol. The van der Waals surface area contributed by atoms with Gasteiger partial charge in [-0.3, -0.25) is 0 Å². The highest BCUT2D eigenvalue weighted by Gasteiger charge is 2.25. The summed E-state index contributed by atoms with van der Waals surface area (Å²) < 4.78 is 15.1. The summed E-state index contributed by atoms with van der Waals surface area (Å²) in [6, 6.07) is -0.563. The molecule has 1 N–H and O–H groups in total. The van der Waals surface area contributed by atoms with Gasteiger partial charge >= 0.3 is 12.1 Å². The summed E-state index contributed by atoms with van der Waals surface area (Å²) in [4.78, 5) is 27.1. The fraction of sp³-hybridized carbons (Fsp3) is 0.615. The third kappa shape index (κ3) is 4.56. The van der Waals surface area contributed by atoms with Crippen molar-refractivity contribution in [3.8, 4) is 0 Å². The number of hydrogen-bond donors (Lipinski definition) is 1. The molecule has 7 nitrogen and oxygen atoms in total. The summed E-state index contributed by atoms with van der Waals surface area (Å²) in [6.07, 6.45) is 0.533. The van der Waals surface area contributed by atoms with Crippen LogP contribution in [0.4, 0.5) is 4.79 Å². The average Bonchev–Trinajstić information content (AvgIpc) is 2.75. The molecular formula is C13H20N2O5. The Bertz CT molecular complexity index is 475. The number of nitrogens with zero attached hydrogens (tertiary/aromatic N) is 1. The number of ether oxygens (including phenoxy) is 2. The highest BCUT2D eigenvalue weighted by Crippen LogP contribution is 2.18. The van der Waals surface area contributed by atoms with Crippen LogP contribution in [0, 0.1) is 0 Å². The number of esters is 1. The van der Waals surface area contributed by atoms with Crippen molar-refractivity contribution in [1.29, 1.82) is 0 Å². The lowest BCUT2D eigenvalue weighted by molar-refractivity contribution is 0.0481. The second-order valence-corrected chi connectivity index (χ2v) is 5.15. The normalized spacial score (nSPS) is 12.7. The molecule has 1 heterocycles. The summed E-state index contributed by atoms with van der Waals surface area (Å²) >= 11 is 0. The van der Waals surface area contributed by atoms with Gasteiger partial charge in [0.25, 0.3) is 0 Å². The van der Waals surface area contributed by atoms with Crippen molar-refractivity contribution in [3.63, 3.8) is 0 Å². The van der Waals surface area contributed by atoms with Crippen LogP contribution in [0.15, 0.2) is 10.8 Å². The molecule has 0 spiro atoms. The van der Waals surface area contributed by atoms with Gasteiger partial charge in [-0.15, -0.1) is 0 Å². The van der Waals surface area contributed by atoms with E-state index in [1.165, 1.54) is 0 Å². The van der Waals surface area contributed by atoms with E-state index in [1.54, 1.807) is 34.6 Å². The Morgan fingerprint density at radius 3 is 2.65 bits per heavy atom. The summed E-state index contributed by atoms with van der Waals surface area (Å²) in [5, 5.41) is 2.57. The minimum Gasteiger partial charge on any atom is -0.461 e. The fourth-order valence-corrected chi connectivity index (χ4v) is 1.47. The summed E-state index contributed by atoms with van der Waals surface area (Å²) in [5.41, 5.74) is -0.551. The number of nitrogens with one attached hydrogen (secondary N) is 1. The first-order valence-electron chi connectivity index (χ1n) is 6.34. The molecule has 0 radical (unpaired) electrons. The second-order valence-electron chi connectivity index (χ2n) is 5.15. The van der Waals surface area contributed by atoms with Crippen LogP contribution in [0.1, 0.15) is 56.9 Å². The Morgan fingerprint density at radius 1 is 1.45 bits per heavy atom. The molecule has 1 aromatic heterocycles. The third-order valence-corrected chi connectivity index (χ3v) is 2.19. The molecule has 1 atom stereocenters. The van der Waals surface area contributed by atoms with Crippen LogP contribution in [0.2, 0.25) is 0 Å². The number of rotatable bonds is 4. The molecule has 0 bridgehead atoms. The van der Waals surface area contributed by atoms with Crippen molar-refractivity contribution < 1.29 is 23.5 Å². The number of oxazole rings is 1. The van der Waals surface area contributed by atoms with E-state index in [4.69, 9.17) is 13.9 Å². The van der Waals surface area contributed by atoms with Crippen molar-refractivity contribution in [2.45, 2.75) is 46.3 Å². The van der Waals surface area contributed by atoms with Crippen LogP contribution >= 0.6 is 0 Å². The number of aromatic nitrogens is 1. The van der Waals surface area contributed by atoms with Gasteiger partial charge in [-0.25, -0.2) is 14.6 Å². The van der Waals surface area contributed by atoms with Gasteiger partial charge in [0.05, 0.1) is 12.6 Å². The van der Waals surface area contributed by atoms with Crippen LogP contribution in [0.3, 0.4) is 0 Å². The van der Waals surface area contributed by atoms with Gasteiger partial charge in [-0.1, -0.05) is 0 Å². The zero-order valence-electron chi connectivity index (χ0n) is 12.4. The molecule has 20 heavy (non-hydrogen) atoms. The molecule has 1 aromatic rings. The minimum absolute atomic E-state index is 0.0513. The molecule has 0 fully saturated rings. The van der Waals surface area contributed by atoms with Crippen LogP contribution < -0.4 is 5.32 Å². The first-order chi connectivity index (χ1) is 9.24. The van der Waals surface area contributed by atoms with Gasteiger partial charge in [0.1, 0.15) is 5.60 Å². The van der Waals surface area contributed by atoms with Gasteiger partial charge in [0, 0.05) is 0 Å². The maximum Gasteiger partial charge on any atom is 0.408 e. The number of amides is 1. The molecule has 0 saturated carbocycles. The van der Waals surface area contributed by atoms with Crippen molar-refractivity contribution in [1.82, 2.24) is 10.3 Å². The van der Waals surface area contributed by atoms with E-state index in [2.05, 4.69) is 10.3 Å². The number of carbonyl (C=O) groups is 2. The predicted molar refractivity (Wildman–Crippen MR) is 70.2 cm³/mol. The lowest BCUT2D eigenvalue weighted by Crippen LogP contribution is -2.34. The molecule has 1 amide bonds. The Balaban J connectivity index is 2.73. The van der Waals surface area contributed by atoms with Crippen LogP contribution in [0.25, 0.3) is 0 Å². The molecule has 0 saturated heterocycles. The predicted octanol–water partition coefficient (Wildman–Crippen LogP) is 2.44. The Kier molecular flexibility index (Phi) is 5.12. The largest absolute Gasteiger partial charge is 0.461 e. The van der Waals surface area contributed by atoms with Crippen LogP contribution in [0.5, 0.6) is 0 Å². The maximum absolute atomic E-state index is 11.7. The van der Waals surface area contributed by atoms with E-state index in [-0.39, 0.29) is 18.1 Å². The molecule has 0 aliphatic rings. The van der Waals surface area contributed by atoms with Crippen molar-refractivity contribution in [3.05, 3.63) is 17.8 Å². The summed E-state index contributed by atoms with van der Waals surface area (Å²) in [5.74, 6) is -0.358. The lowest BCUT2D eigenvalue weighted by Gasteiger charge is -2.21. The van der Waals surface area contributed by atoms with Gasteiger partial charge in [0.2, 0.25) is 0 Å². The Hall–Kier alpha value is -2.05. The molecule has 112 valence electrons. The number of hydrogen-bond acceptors (Lipinski definition) is 6. The number of alkyl carbamates (subject to hydrolysis) is 1. The standard InChI is InChI=1S/C13H20N2O5/c1-6-18-11(16)9-10(19-7-14-9)8(2)15-12(17)20-13(3,4)5/h7-8H,6H2,1-5H3,(H,15,17)/t8-/m1/s1. The van der Waals surface area contributed by atoms with Gasteiger partial charge < -0.3 is 19.2 Å². The van der Waals surface area contributed by atoms with Crippen LogP contribution in [-0.4, -0.2) is 29.3 Å². The lowest BCUT2D eigenvalue weighted by atomic mass is 10.2. The monoisotopic (exact) mass is 284 g/mol. The topological polar surface area (TPSA) is 90.7 Å². The van der Waals surface area contributed by atoms with E-state index in [0.29, 0.717) is 0 Å². The molecule has 0 unspecified atom stereocenters. The first-order valence-corrected chi connectivity index (χ1v) is 6.34. The molecule has 7 heteroatoms. The summed E-state index contributed by atoms with van der Waals surface area (Å²) in [7, 11) is 0. The number of carbonyl (C=O) groups excluding carboxylic acids is 2. The maximum atomic E-state index is 11.7. The fourth-order valence-electron chi connectivity index (χ4n) is 1.47. The van der Waals surface area contributed by atoms with E-state index < -0.39 is 23.7 Å². The highest BCUT2D eigenvalue weighted by atomic mass is 16.6. The first kappa shape index (κ1) is 16.0. The van der Waals surface area contributed by atoms with E-state index >= 15 is 0 Å². The molecule has 0 aliphatic carbocycles. The van der Waals surface area contributed by atoms with Crippen molar-refractivity contribution >= 4 is 12.1 Å². The van der Waals surface area contributed by atoms with Crippen LogP contribution in [-0.2, 0) is 9.47 Å². The van der Waals surface area contributed by atoms with Gasteiger partial charge in [-0.05, 0) is 34.6 Å². The zero-order chi connectivity index (χ0) is 15.3. The van der Waals surface area contributed by atoms with E-state index in [1.807, 2.05) is 0 Å². The SMILES string of the molecule is CCOC(=O)c1ncoc1[C@@H](C)NC(=O)OC(C)(C)C. The summed E-state index contributed by atoms with van der Waals surface area (Å²) in [6.45, 7) is 8.87. The highest BCUT2D eigenvalue weighted by molar-refractivity contribution is 5.88. The van der Waals surface area contributed by atoms with E-state index in [9.17, 15) is 9.59 Å². The Morgan fingerprint density at radius 2 is 2.10 bits per heavy atom. The van der Waals surface area contributed by atoms with Gasteiger partial charge in [0.15, 0.2) is 17.8 Å². The smallest absolute Gasteiger partial charge is 0.408 e.